The second-order valence-corrected chi connectivity index (χ2v) is 7.47. The summed E-state index contributed by atoms with van der Waals surface area (Å²) in [6.07, 6.45) is 1.99. The van der Waals surface area contributed by atoms with Crippen molar-refractivity contribution in [3.05, 3.63) is 82.9 Å². The molecule has 2 rings (SSSR count). The van der Waals surface area contributed by atoms with Gasteiger partial charge in [0.2, 0.25) is 0 Å². The molecule has 1 aliphatic heterocycles. The first-order chi connectivity index (χ1) is 14.7. The number of nitrogens with two attached hydrogens (primary N) is 1. The fourth-order valence-electron chi connectivity index (χ4n) is 3.42. The molecule has 0 saturated heterocycles. The molecule has 0 radical (unpaired) electrons. The standard InChI is InChI=1S/C24H29F2N3O2/c1-16(25)9-10-20(18(3)26)17(2)21-11-12-29(14-22(21)28-13-24(27)31)15-23(30)19-7-5-4-6-8-19/h4-10,13,18,23,30H,2,11-12,14-15H2,1,3H3,(H2,27,31)/b16-9+,20-10-,28-13?. The van der Waals surface area contributed by atoms with Crippen molar-refractivity contribution in [3.63, 3.8) is 0 Å². The number of alkyl halides is 1. The number of β-amino-alcohol motifs (C(OH)–C–C–N with tert-alkyl or cyclic N) is 1. The number of rotatable bonds is 9. The first-order valence-electron chi connectivity index (χ1n) is 10.1. The lowest BCUT2D eigenvalue weighted by Crippen LogP contribution is -2.35. The third kappa shape index (κ3) is 7.38. The second kappa shape index (κ2) is 11.5. The molecule has 0 spiro atoms. The monoisotopic (exact) mass is 429 g/mol. The van der Waals surface area contributed by atoms with Crippen molar-refractivity contribution >= 4 is 12.1 Å². The van der Waals surface area contributed by atoms with E-state index in [0.717, 1.165) is 11.8 Å². The van der Waals surface area contributed by atoms with E-state index in [-0.39, 0.29) is 5.57 Å². The Morgan fingerprint density at radius 1 is 1.35 bits per heavy atom. The fraction of sp³-hybridized carbons (Fsp3) is 0.333. The van der Waals surface area contributed by atoms with E-state index < -0.39 is 24.0 Å². The van der Waals surface area contributed by atoms with E-state index in [1.165, 1.54) is 26.0 Å². The largest absolute Gasteiger partial charge is 0.387 e. The van der Waals surface area contributed by atoms with E-state index in [0.29, 0.717) is 42.9 Å². The molecule has 1 aromatic carbocycles. The molecule has 2 unspecified atom stereocenters. The van der Waals surface area contributed by atoms with Crippen molar-refractivity contribution in [1.29, 1.82) is 0 Å². The van der Waals surface area contributed by atoms with Crippen LogP contribution in [-0.4, -0.2) is 47.9 Å². The highest BCUT2D eigenvalue weighted by molar-refractivity contribution is 6.25. The predicted molar refractivity (Wildman–Crippen MR) is 120 cm³/mol. The Kier molecular flexibility index (Phi) is 9.03. The number of aliphatic hydroxyl groups is 1. The molecular formula is C24H29F2N3O2. The Morgan fingerprint density at radius 2 is 2.03 bits per heavy atom. The summed E-state index contributed by atoms with van der Waals surface area (Å²) < 4.78 is 27.4. The van der Waals surface area contributed by atoms with Crippen LogP contribution in [0, 0.1) is 0 Å². The van der Waals surface area contributed by atoms with Crippen LogP contribution in [0.5, 0.6) is 0 Å². The maximum Gasteiger partial charge on any atom is 0.259 e. The normalized spacial score (nSPS) is 18.4. The number of allylic oxidation sites excluding steroid dienone is 5. The van der Waals surface area contributed by atoms with E-state index in [2.05, 4.69) is 11.6 Å². The van der Waals surface area contributed by atoms with Gasteiger partial charge in [-0.15, -0.1) is 0 Å². The number of hydrogen-bond donors (Lipinski definition) is 2. The molecule has 0 aromatic heterocycles. The van der Waals surface area contributed by atoms with Gasteiger partial charge < -0.3 is 10.8 Å². The minimum atomic E-state index is -1.37. The predicted octanol–water partition coefficient (Wildman–Crippen LogP) is 3.95. The second-order valence-electron chi connectivity index (χ2n) is 7.47. The number of nitrogens with zero attached hydrogens (tertiary/aromatic N) is 2. The van der Waals surface area contributed by atoms with Gasteiger partial charge >= 0.3 is 0 Å². The molecule has 0 saturated carbocycles. The molecule has 5 nitrogen and oxygen atoms in total. The van der Waals surface area contributed by atoms with Gasteiger partial charge in [-0.2, -0.15) is 0 Å². The molecule has 2 atom stereocenters. The number of hydrogen-bond acceptors (Lipinski definition) is 4. The third-order valence-electron chi connectivity index (χ3n) is 5.00. The smallest absolute Gasteiger partial charge is 0.259 e. The van der Waals surface area contributed by atoms with E-state index in [1.807, 2.05) is 35.2 Å². The summed E-state index contributed by atoms with van der Waals surface area (Å²) in [5.41, 5.74) is 7.86. The first-order valence-corrected chi connectivity index (χ1v) is 10.1. The van der Waals surface area contributed by atoms with Crippen molar-refractivity contribution in [2.75, 3.05) is 19.6 Å². The van der Waals surface area contributed by atoms with Gasteiger partial charge in [0.15, 0.2) is 0 Å². The molecule has 166 valence electrons. The number of aliphatic hydroxyl groups excluding tert-OH is 1. The van der Waals surface area contributed by atoms with Crippen molar-refractivity contribution in [1.82, 2.24) is 4.90 Å². The lowest BCUT2D eigenvalue weighted by atomic mass is 9.90. The van der Waals surface area contributed by atoms with Gasteiger partial charge in [0.1, 0.15) is 6.17 Å². The molecule has 1 aromatic rings. The fourth-order valence-corrected chi connectivity index (χ4v) is 3.42. The van der Waals surface area contributed by atoms with E-state index in [9.17, 15) is 18.7 Å². The first kappa shape index (κ1) is 24.4. The summed E-state index contributed by atoms with van der Waals surface area (Å²) in [6.45, 7) is 7.92. The topological polar surface area (TPSA) is 78.9 Å². The molecule has 0 fully saturated rings. The van der Waals surface area contributed by atoms with Crippen LogP contribution >= 0.6 is 0 Å². The van der Waals surface area contributed by atoms with Crippen molar-refractivity contribution < 1.29 is 18.7 Å². The maximum atomic E-state index is 14.2. The van der Waals surface area contributed by atoms with Crippen LogP contribution in [-0.2, 0) is 4.79 Å². The summed E-state index contributed by atoms with van der Waals surface area (Å²) >= 11 is 0. The molecule has 3 N–H and O–H groups in total. The van der Waals surface area contributed by atoms with Crippen LogP contribution in [0.2, 0.25) is 0 Å². The van der Waals surface area contributed by atoms with Gasteiger partial charge in [-0.1, -0.05) is 43.0 Å². The SMILES string of the molecule is C=C(C1=C(N=CC(N)=O)CN(CC(O)c2ccccc2)CC1)/C(=C/C=C(\C)F)C(C)F. The minimum Gasteiger partial charge on any atom is -0.387 e. The number of primary amides is 1. The van der Waals surface area contributed by atoms with E-state index in [4.69, 9.17) is 5.73 Å². The summed E-state index contributed by atoms with van der Waals surface area (Å²) in [5, 5.41) is 10.5. The lowest BCUT2D eigenvalue weighted by molar-refractivity contribution is -0.111. The molecule has 0 bridgehead atoms. The van der Waals surface area contributed by atoms with Gasteiger partial charge in [-0.3, -0.25) is 14.7 Å². The molecule has 31 heavy (non-hydrogen) atoms. The average Bonchev–Trinajstić information content (AvgIpc) is 2.72. The number of carbonyl (C=O) groups is 1. The zero-order valence-corrected chi connectivity index (χ0v) is 17.9. The molecule has 0 aliphatic carbocycles. The Balaban J connectivity index is 2.31. The molecule has 1 amide bonds. The Bertz CT molecular complexity index is 914. The number of carbonyl (C=O) groups excluding carboxylic acids is 1. The van der Waals surface area contributed by atoms with Crippen LogP contribution < -0.4 is 5.73 Å². The van der Waals surface area contributed by atoms with E-state index >= 15 is 0 Å². The highest BCUT2D eigenvalue weighted by Crippen LogP contribution is 2.32. The zero-order chi connectivity index (χ0) is 23.0. The Labute approximate surface area is 182 Å². The van der Waals surface area contributed by atoms with E-state index in [1.54, 1.807) is 0 Å². The molecule has 1 aliphatic rings. The molecular weight excluding hydrogens is 400 g/mol. The Morgan fingerprint density at radius 3 is 2.61 bits per heavy atom. The van der Waals surface area contributed by atoms with Crippen molar-refractivity contribution in [3.8, 4) is 0 Å². The van der Waals surface area contributed by atoms with Gasteiger partial charge in [-0.05, 0) is 48.6 Å². The van der Waals surface area contributed by atoms with Crippen LogP contribution in [0.15, 0.2) is 82.3 Å². The highest BCUT2D eigenvalue weighted by atomic mass is 19.1. The van der Waals surface area contributed by atoms with Crippen molar-refractivity contribution in [2.45, 2.75) is 32.5 Å². The van der Waals surface area contributed by atoms with Gasteiger partial charge in [0, 0.05) is 19.6 Å². The number of benzene rings is 1. The summed E-state index contributed by atoms with van der Waals surface area (Å²) in [4.78, 5) is 17.4. The van der Waals surface area contributed by atoms with Crippen LogP contribution in [0.1, 0.15) is 31.9 Å². The minimum absolute atomic E-state index is 0.247. The summed E-state index contributed by atoms with van der Waals surface area (Å²) in [7, 11) is 0. The number of aliphatic imine (C=N–C) groups is 1. The maximum absolute atomic E-state index is 14.2. The lowest BCUT2D eigenvalue weighted by Gasteiger charge is -2.32. The average molecular weight is 430 g/mol. The van der Waals surface area contributed by atoms with Gasteiger partial charge in [0.25, 0.3) is 5.91 Å². The van der Waals surface area contributed by atoms with Gasteiger partial charge in [-0.25, -0.2) is 8.78 Å². The zero-order valence-electron chi connectivity index (χ0n) is 17.9. The number of halogens is 2. The quantitative estimate of drug-likeness (QED) is 0.461. The third-order valence-corrected chi connectivity index (χ3v) is 5.00. The van der Waals surface area contributed by atoms with Crippen LogP contribution in [0.4, 0.5) is 8.78 Å². The van der Waals surface area contributed by atoms with Crippen LogP contribution in [0.25, 0.3) is 0 Å². The molecule has 7 heteroatoms. The molecule has 1 heterocycles. The summed E-state index contributed by atoms with van der Waals surface area (Å²) in [6, 6.07) is 9.30. The van der Waals surface area contributed by atoms with Crippen LogP contribution in [0.3, 0.4) is 0 Å². The van der Waals surface area contributed by atoms with Gasteiger partial charge in [0.05, 0.1) is 23.8 Å². The summed E-state index contributed by atoms with van der Waals surface area (Å²) in [5.74, 6) is -1.15. The number of amides is 1. The van der Waals surface area contributed by atoms with Crippen molar-refractivity contribution in [2.24, 2.45) is 10.7 Å². The highest BCUT2D eigenvalue weighted by Gasteiger charge is 2.25. The Hall–Kier alpha value is -2.90.